The molecule has 1 fully saturated rings. The Morgan fingerprint density at radius 3 is 2.76 bits per heavy atom. The molecule has 10 nitrogen and oxygen atoms in total. The average Bonchev–Trinajstić information content (AvgIpc) is 3.41. The van der Waals surface area contributed by atoms with Gasteiger partial charge in [0.25, 0.3) is 5.91 Å². The van der Waals surface area contributed by atoms with Crippen molar-refractivity contribution in [2.75, 3.05) is 26.4 Å². The van der Waals surface area contributed by atoms with Crippen molar-refractivity contribution in [2.24, 2.45) is 0 Å². The summed E-state index contributed by atoms with van der Waals surface area (Å²) in [6, 6.07) is 7.36. The molecule has 1 aliphatic rings. The smallest absolute Gasteiger partial charge is 0.262 e. The van der Waals surface area contributed by atoms with Gasteiger partial charge in [0.05, 0.1) is 12.8 Å². The van der Waals surface area contributed by atoms with Crippen molar-refractivity contribution in [3.63, 3.8) is 0 Å². The third-order valence-electron chi connectivity index (χ3n) is 5.77. The van der Waals surface area contributed by atoms with Crippen LogP contribution in [0.2, 0.25) is 0 Å². The number of carbonyl (C=O) groups excluding carboxylic acids is 1. The Balaban J connectivity index is 1.59. The first-order valence-corrected chi connectivity index (χ1v) is 10.0. The van der Waals surface area contributed by atoms with Gasteiger partial charge in [0.2, 0.25) is 5.60 Å². The van der Waals surface area contributed by atoms with Crippen LogP contribution in [0.25, 0.3) is 33.5 Å². The number of anilines is 1. The van der Waals surface area contributed by atoms with Crippen molar-refractivity contribution < 1.29 is 23.6 Å². The van der Waals surface area contributed by atoms with Crippen molar-refractivity contribution in [3.05, 3.63) is 48.2 Å². The summed E-state index contributed by atoms with van der Waals surface area (Å²) in [5.41, 5.74) is 6.12. The van der Waals surface area contributed by atoms with Gasteiger partial charge in [-0.05, 0) is 18.2 Å². The van der Waals surface area contributed by atoms with E-state index in [4.69, 9.17) is 15.0 Å². The lowest BCUT2D eigenvalue weighted by atomic mass is 9.97. The van der Waals surface area contributed by atoms with Crippen LogP contribution >= 0.6 is 0 Å². The fourth-order valence-electron chi connectivity index (χ4n) is 3.89. The summed E-state index contributed by atoms with van der Waals surface area (Å²) >= 11 is 0. The number of fused-ring (bicyclic) bond motifs is 1. The van der Waals surface area contributed by atoms with Crippen molar-refractivity contribution >= 4 is 22.8 Å². The molecule has 3 aromatic heterocycles. The molecule has 0 spiro atoms. The Hall–Kier alpha value is -4.12. The average molecular weight is 450 g/mol. The molecule has 4 heterocycles. The molecule has 3 N–H and O–H groups in total. The maximum absolute atomic E-state index is 14.8. The number of nitrogen functional groups attached to an aromatic ring is 1. The number of hydrogen-bond donors (Lipinski definition) is 2. The molecule has 0 saturated carbocycles. The molecule has 0 radical (unpaired) electrons. The third kappa shape index (κ3) is 3.24. The highest BCUT2D eigenvalue weighted by Crippen LogP contribution is 2.36. The van der Waals surface area contributed by atoms with Crippen LogP contribution in [0.3, 0.4) is 0 Å². The van der Waals surface area contributed by atoms with Gasteiger partial charge in [0, 0.05) is 43.3 Å². The predicted molar refractivity (Wildman–Crippen MR) is 115 cm³/mol. The number of halogens is 1. The van der Waals surface area contributed by atoms with Crippen LogP contribution in [-0.2, 0) is 10.4 Å². The molecular weight excluding hydrogens is 431 g/mol. The van der Waals surface area contributed by atoms with Gasteiger partial charge in [0.15, 0.2) is 11.6 Å². The summed E-state index contributed by atoms with van der Waals surface area (Å²) in [6.07, 6.45) is 1.49. The van der Waals surface area contributed by atoms with Gasteiger partial charge in [-0.15, -0.1) is 0 Å². The number of aromatic nitrogens is 4. The lowest BCUT2D eigenvalue weighted by Crippen LogP contribution is -2.35. The molecule has 11 heteroatoms. The summed E-state index contributed by atoms with van der Waals surface area (Å²) in [7, 11) is 3.07. The number of pyridine rings is 1. The highest BCUT2D eigenvalue weighted by molar-refractivity contribution is 5.91. The predicted octanol–water partition coefficient (Wildman–Crippen LogP) is 2.13. The number of ether oxygens (including phenoxy) is 1. The normalized spacial score (nSPS) is 18.3. The summed E-state index contributed by atoms with van der Waals surface area (Å²) < 4.78 is 25.5. The fourth-order valence-corrected chi connectivity index (χ4v) is 3.89. The lowest BCUT2D eigenvalue weighted by molar-refractivity contribution is -0.144. The summed E-state index contributed by atoms with van der Waals surface area (Å²) in [5.74, 6) is -0.454. The van der Waals surface area contributed by atoms with E-state index in [1.54, 1.807) is 13.1 Å². The Morgan fingerprint density at radius 1 is 1.21 bits per heavy atom. The Morgan fingerprint density at radius 2 is 2.03 bits per heavy atom. The lowest BCUT2D eigenvalue weighted by Gasteiger charge is -2.16. The Bertz CT molecular complexity index is 1410. The second kappa shape index (κ2) is 7.48. The van der Waals surface area contributed by atoms with E-state index >= 15 is 0 Å². The van der Waals surface area contributed by atoms with Gasteiger partial charge in [-0.25, -0.2) is 19.3 Å². The zero-order valence-electron chi connectivity index (χ0n) is 17.7. The fraction of sp³-hybridized carbons (Fsp3) is 0.227. The number of nitrogens with two attached hydrogens (primary N) is 1. The quantitative estimate of drug-likeness (QED) is 0.478. The molecule has 168 valence electrons. The van der Waals surface area contributed by atoms with E-state index in [9.17, 15) is 14.3 Å². The first-order valence-electron chi connectivity index (χ1n) is 10.0. The molecule has 0 unspecified atom stereocenters. The van der Waals surface area contributed by atoms with Gasteiger partial charge < -0.3 is 25.0 Å². The Kier molecular flexibility index (Phi) is 4.71. The molecule has 1 atom stereocenters. The van der Waals surface area contributed by atoms with Gasteiger partial charge >= 0.3 is 0 Å². The summed E-state index contributed by atoms with van der Waals surface area (Å²) in [5, 5.41) is 14.8. The number of nitrogens with zero attached hydrogens (tertiary/aromatic N) is 5. The molecular formula is C22H19FN6O4. The van der Waals surface area contributed by atoms with E-state index in [-0.39, 0.29) is 34.8 Å². The number of amides is 1. The molecule has 0 bridgehead atoms. The van der Waals surface area contributed by atoms with Crippen molar-refractivity contribution in [1.29, 1.82) is 0 Å². The van der Waals surface area contributed by atoms with Crippen molar-refractivity contribution in [1.82, 2.24) is 25.0 Å². The van der Waals surface area contributed by atoms with E-state index in [2.05, 4.69) is 20.1 Å². The van der Waals surface area contributed by atoms with Gasteiger partial charge in [-0.1, -0.05) is 5.16 Å². The van der Waals surface area contributed by atoms with Crippen molar-refractivity contribution in [3.8, 4) is 28.3 Å². The van der Waals surface area contributed by atoms with Crippen LogP contribution in [0, 0.1) is 5.82 Å². The molecule has 5 rings (SSSR count). The molecule has 1 amide bonds. The van der Waals surface area contributed by atoms with Gasteiger partial charge in [-0.2, -0.15) is 0 Å². The van der Waals surface area contributed by atoms with Crippen molar-refractivity contribution in [2.45, 2.75) is 12.0 Å². The van der Waals surface area contributed by atoms with Crippen LogP contribution in [0.4, 0.5) is 10.2 Å². The van der Waals surface area contributed by atoms with E-state index in [0.29, 0.717) is 29.1 Å². The summed E-state index contributed by atoms with van der Waals surface area (Å²) in [6.45, 7) is 0.397. The molecule has 0 aliphatic carbocycles. The Labute approximate surface area is 186 Å². The maximum atomic E-state index is 14.8. The number of likely N-dealkylation sites (N-methyl/N-ethyl adjacent to an activating group) is 1. The SMILES string of the molecule is COc1cc(-c2cc(-c3cc([C@]4(O)CCN(C)C4=O)on3)ccc2F)nc2c(N)ncnc12. The molecule has 1 aliphatic heterocycles. The minimum atomic E-state index is -1.77. The summed E-state index contributed by atoms with van der Waals surface area (Å²) in [4.78, 5) is 26.3. The second-order valence-electron chi connectivity index (χ2n) is 7.77. The number of methoxy groups -OCH3 is 1. The number of rotatable bonds is 4. The number of hydrogen-bond acceptors (Lipinski definition) is 9. The van der Waals surface area contributed by atoms with E-state index < -0.39 is 17.3 Å². The maximum Gasteiger partial charge on any atom is 0.262 e. The number of likely N-dealkylation sites (tertiary alicyclic amines) is 1. The number of carbonyl (C=O) groups is 1. The monoisotopic (exact) mass is 450 g/mol. The minimum Gasteiger partial charge on any atom is -0.494 e. The van der Waals surface area contributed by atoms with Crippen LogP contribution in [0.5, 0.6) is 5.75 Å². The third-order valence-corrected chi connectivity index (χ3v) is 5.77. The van der Waals surface area contributed by atoms with Crippen LogP contribution in [0.1, 0.15) is 12.2 Å². The van der Waals surface area contributed by atoms with Crippen LogP contribution in [-0.4, -0.2) is 56.7 Å². The highest BCUT2D eigenvalue weighted by atomic mass is 19.1. The topological polar surface area (TPSA) is 140 Å². The number of benzene rings is 1. The van der Waals surface area contributed by atoms with E-state index in [1.165, 1.54) is 42.6 Å². The first-order chi connectivity index (χ1) is 15.8. The zero-order valence-corrected chi connectivity index (χ0v) is 17.7. The second-order valence-corrected chi connectivity index (χ2v) is 7.77. The van der Waals surface area contributed by atoms with Crippen LogP contribution < -0.4 is 10.5 Å². The van der Waals surface area contributed by atoms with E-state index in [0.717, 1.165) is 0 Å². The van der Waals surface area contributed by atoms with Gasteiger partial charge in [0.1, 0.15) is 34.6 Å². The first kappa shape index (κ1) is 20.8. The number of aliphatic hydroxyl groups is 1. The standard InChI is InChI=1S/C22H19FN6O4/c1-29-6-5-22(31,21(29)30)17-9-14(28-33-17)11-3-4-13(23)12(7-11)15-8-16(32-2)18-19(27-15)20(24)26-10-25-18/h3-4,7-10,31H,5-6H2,1-2H3,(H2,24,25,26)/t22-/m1/s1. The van der Waals surface area contributed by atoms with E-state index in [1.807, 2.05) is 0 Å². The molecule has 1 saturated heterocycles. The van der Waals surface area contributed by atoms with Gasteiger partial charge in [-0.3, -0.25) is 4.79 Å². The molecule has 4 aromatic rings. The minimum absolute atomic E-state index is 0.0353. The molecule has 1 aromatic carbocycles. The highest BCUT2D eigenvalue weighted by Gasteiger charge is 2.48. The molecule has 33 heavy (non-hydrogen) atoms. The largest absolute Gasteiger partial charge is 0.494 e. The van der Waals surface area contributed by atoms with Crippen LogP contribution in [0.15, 0.2) is 41.2 Å². The zero-order chi connectivity index (χ0) is 23.3.